The van der Waals surface area contributed by atoms with Gasteiger partial charge in [-0.05, 0) is 61.2 Å². The van der Waals surface area contributed by atoms with Crippen molar-refractivity contribution in [3.63, 3.8) is 0 Å². The van der Waals surface area contributed by atoms with Crippen LogP contribution in [0.15, 0.2) is 78.9 Å². The van der Waals surface area contributed by atoms with Crippen LogP contribution in [-0.4, -0.2) is 70.9 Å². The van der Waals surface area contributed by atoms with Crippen LogP contribution in [0.3, 0.4) is 0 Å². The molecule has 1 aliphatic heterocycles. The van der Waals surface area contributed by atoms with E-state index in [1.165, 1.54) is 16.7 Å². The maximum atomic E-state index is 13.8. The van der Waals surface area contributed by atoms with Gasteiger partial charge in [-0.2, -0.15) is 0 Å². The normalized spacial score (nSPS) is 16.8. The van der Waals surface area contributed by atoms with Crippen LogP contribution in [0, 0.1) is 0 Å². The third-order valence-corrected chi connectivity index (χ3v) is 8.94. The van der Waals surface area contributed by atoms with E-state index in [1.807, 2.05) is 80.6 Å². The largest absolute Gasteiger partial charge is 0.497 e. The molecule has 3 aromatic rings. The topological polar surface area (TPSA) is 129 Å². The molecule has 1 heterocycles. The van der Waals surface area contributed by atoms with E-state index in [2.05, 4.69) is 16.0 Å². The number of nitrogens with one attached hydrogen (secondary N) is 3. The number of methoxy groups -OCH3 is 2. The molecule has 0 spiro atoms. The lowest BCUT2D eigenvalue weighted by Gasteiger charge is -2.33. The number of carbonyl (C=O) groups is 3. The molecule has 10 nitrogen and oxygen atoms in total. The molecule has 0 saturated carbocycles. The van der Waals surface area contributed by atoms with Crippen molar-refractivity contribution in [1.29, 1.82) is 0 Å². The van der Waals surface area contributed by atoms with Crippen molar-refractivity contribution in [1.82, 2.24) is 20.9 Å². The number of aliphatic hydroxyl groups is 1. The van der Waals surface area contributed by atoms with E-state index in [9.17, 15) is 19.5 Å². The summed E-state index contributed by atoms with van der Waals surface area (Å²) in [5, 5.41) is 19.9. The zero-order chi connectivity index (χ0) is 31.7. The number of carbonyl (C=O) groups excluding carboxylic acids is 3. The SMILES string of the molecule is COc1ccc(CNC(=O)NC(Cc2ccccc2)C(O)C(=O)N2CSC(C)(C)[C@H]2C(=O)NCc2ccc(OC)cc2)cc1. The van der Waals surface area contributed by atoms with Crippen molar-refractivity contribution >= 4 is 29.6 Å². The van der Waals surface area contributed by atoms with Gasteiger partial charge in [-0.1, -0.05) is 54.6 Å². The molecular weight excluding hydrogens is 580 g/mol. The molecule has 0 bridgehead atoms. The predicted molar refractivity (Wildman–Crippen MR) is 170 cm³/mol. The lowest BCUT2D eigenvalue weighted by molar-refractivity contribution is -0.147. The molecule has 0 aromatic heterocycles. The molecule has 2 unspecified atom stereocenters. The lowest BCUT2D eigenvalue weighted by Crippen LogP contribution is -2.59. The van der Waals surface area contributed by atoms with Crippen LogP contribution in [0.5, 0.6) is 11.5 Å². The number of rotatable bonds is 12. The second-order valence-electron chi connectivity index (χ2n) is 11.1. The summed E-state index contributed by atoms with van der Waals surface area (Å²) >= 11 is 1.46. The first-order valence-electron chi connectivity index (χ1n) is 14.4. The summed E-state index contributed by atoms with van der Waals surface area (Å²) in [6.07, 6.45) is -1.38. The fourth-order valence-electron chi connectivity index (χ4n) is 5.04. The Balaban J connectivity index is 1.45. The smallest absolute Gasteiger partial charge is 0.315 e. The molecule has 3 aromatic carbocycles. The number of aliphatic hydroxyl groups excluding tert-OH is 1. The average Bonchev–Trinajstić information content (AvgIpc) is 3.37. The third-order valence-electron chi connectivity index (χ3n) is 7.56. The van der Waals surface area contributed by atoms with Gasteiger partial charge in [0.2, 0.25) is 5.91 Å². The Labute approximate surface area is 262 Å². The number of urea groups is 1. The quantitative estimate of drug-likeness (QED) is 0.244. The number of nitrogens with zero attached hydrogens (tertiary/aromatic N) is 1. The van der Waals surface area contributed by atoms with Crippen molar-refractivity contribution in [2.75, 3.05) is 20.1 Å². The molecule has 234 valence electrons. The molecule has 4 rings (SSSR count). The molecule has 1 aliphatic rings. The highest BCUT2D eigenvalue weighted by atomic mass is 32.2. The van der Waals surface area contributed by atoms with Gasteiger partial charge >= 0.3 is 6.03 Å². The molecule has 0 radical (unpaired) electrons. The molecular formula is C33H40N4O6S. The zero-order valence-corrected chi connectivity index (χ0v) is 26.2. The first-order valence-corrected chi connectivity index (χ1v) is 15.3. The van der Waals surface area contributed by atoms with Gasteiger partial charge in [0.15, 0.2) is 6.10 Å². The Bertz CT molecular complexity index is 1400. The molecule has 11 heteroatoms. The number of thioether (sulfide) groups is 1. The summed E-state index contributed by atoms with van der Waals surface area (Å²) in [5.74, 6) is 0.710. The minimum Gasteiger partial charge on any atom is -0.497 e. The molecule has 1 fully saturated rings. The Morgan fingerprint density at radius 3 is 1.95 bits per heavy atom. The molecule has 4 N–H and O–H groups in total. The van der Waals surface area contributed by atoms with Gasteiger partial charge in [-0.25, -0.2) is 4.79 Å². The van der Waals surface area contributed by atoms with Crippen LogP contribution in [-0.2, 0) is 29.1 Å². The van der Waals surface area contributed by atoms with E-state index in [-0.39, 0.29) is 31.3 Å². The van der Waals surface area contributed by atoms with Crippen molar-refractivity contribution in [2.24, 2.45) is 0 Å². The van der Waals surface area contributed by atoms with Crippen LogP contribution in [0.1, 0.15) is 30.5 Å². The van der Waals surface area contributed by atoms with Crippen LogP contribution in [0.25, 0.3) is 0 Å². The second-order valence-corrected chi connectivity index (χ2v) is 12.7. The van der Waals surface area contributed by atoms with E-state index in [1.54, 1.807) is 26.4 Å². The van der Waals surface area contributed by atoms with Crippen LogP contribution < -0.4 is 25.4 Å². The summed E-state index contributed by atoms with van der Waals surface area (Å²) < 4.78 is 9.77. The van der Waals surface area contributed by atoms with Gasteiger partial charge in [-0.3, -0.25) is 9.59 Å². The Kier molecular flexibility index (Phi) is 11.1. The van der Waals surface area contributed by atoms with Crippen molar-refractivity contribution in [3.8, 4) is 11.5 Å². The van der Waals surface area contributed by atoms with Crippen LogP contribution in [0.2, 0.25) is 0 Å². The van der Waals surface area contributed by atoms with E-state index in [0.29, 0.717) is 11.5 Å². The molecule has 1 saturated heterocycles. The number of hydrogen-bond acceptors (Lipinski definition) is 7. The predicted octanol–water partition coefficient (Wildman–Crippen LogP) is 3.47. The highest BCUT2D eigenvalue weighted by molar-refractivity contribution is 8.00. The number of benzene rings is 3. The highest BCUT2D eigenvalue weighted by Crippen LogP contribution is 2.40. The number of ether oxygens (including phenoxy) is 2. The second kappa shape index (κ2) is 15.0. The van der Waals surface area contributed by atoms with Gasteiger partial charge in [0, 0.05) is 17.8 Å². The van der Waals surface area contributed by atoms with E-state index in [0.717, 1.165) is 16.7 Å². The summed E-state index contributed by atoms with van der Waals surface area (Å²) in [6, 6.07) is 21.6. The van der Waals surface area contributed by atoms with Crippen molar-refractivity contribution in [2.45, 2.75) is 56.3 Å². The number of amides is 4. The van der Waals surface area contributed by atoms with E-state index < -0.39 is 34.9 Å². The maximum absolute atomic E-state index is 13.8. The summed E-state index contributed by atoms with van der Waals surface area (Å²) in [6.45, 7) is 4.32. The maximum Gasteiger partial charge on any atom is 0.315 e. The van der Waals surface area contributed by atoms with Gasteiger partial charge < -0.3 is 35.4 Å². The number of hydrogen-bond donors (Lipinski definition) is 4. The first kappa shape index (κ1) is 32.7. The Morgan fingerprint density at radius 2 is 1.41 bits per heavy atom. The highest BCUT2D eigenvalue weighted by Gasteiger charge is 2.49. The van der Waals surface area contributed by atoms with E-state index >= 15 is 0 Å². The van der Waals surface area contributed by atoms with Gasteiger partial charge in [0.05, 0.1) is 26.1 Å². The van der Waals surface area contributed by atoms with Gasteiger partial charge in [0.25, 0.3) is 5.91 Å². The fourth-order valence-corrected chi connectivity index (χ4v) is 6.18. The third kappa shape index (κ3) is 8.45. The van der Waals surface area contributed by atoms with Gasteiger partial charge in [0.1, 0.15) is 17.5 Å². The molecule has 0 aliphatic carbocycles. The van der Waals surface area contributed by atoms with Gasteiger partial charge in [-0.15, -0.1) is 11.8 Å². The fraction of sp³-hybridized carbons (Fsp3) is 0.364. The summed E-state index contributed by atoms with van der Waals surface area (Å²) in [4.78, 5) is 41.7. The monoisotopic (exact) mass is 620 g/mol. The first-order chi connectivity index (χ1) is 21.1. The summed E-state index contributed by atoms with van der Waals surface area (Å²) in [7, 11) is 3.17. The standard InChI is InChI=1S/C33H40N4O6S/c1-33(2)29(30(39)34-19-23-10-14-25(42-3)15-11-23)37(21-44-33)31(40)28(38)27(18-22-8-6-5-7-9-22)36-32(41)35-20-24-12-16-26(43-4)17-13-24/h5-17,27-29,38H,18-21H2,1-4H3,(H,34,39)(H2,35,36,41)/t27?,28?,29-/m1/s1. The molecule has 44 heavy (non-hydrogen) atoms. The zero-order valence-electron chi connectivity index (χ0n) is 25.4. The van der Waals surface area contributed by atoms with Crippen LogP contribution in [0.4, 0.5) is 4.79 Å². The van der Waals surface area contributed by atoms with Crippen LogP contribution >= 0.6 is 11.8 Å². The van der Waals surface area contributed by atoms with Crippen molar-refractivity contribution in [3.05, 3.63) is 95.6 Å². The van der Waals surface area contributed by atoms with Crippen molar-refractivity contribution < 1.29 is 29.0 Å². The minimum absolute atomic E-state index is 0.211. The lowest BCUT2D eigenvalue weighted by atomic mass is 9.97. The Hall–Kier alpha value is -4.22. The average molecular weight is 621 g/mol. The molecule has 4 amide bonds. The Morgan fingerprint density at radius 1 is 0.864 bits per heavy atom. The minimum atomic E-state index is -1.59. The summed E-state index contributed by atoms with van der Waals surface area (Å²) in [5.41, 5.74) is 2.58. The molecule has 3 atom stereocenters. The van der Waals surface area contributed by atoms with E-state index in [4.69, 9.17) is 9.47 Å².